The van der Waals surface area contributed by atoms with Gasteiger partial charge in [0.1, 0.15) is 16.7 Å². The lowest BCUT2D eigenvalue weighted by atomic mass is 9.95. The largest absolute Gasteiger partial charge is 0.383 e. The zero-order valence-electron chi connectivity index (χ0n) is 12.7. The molecule has 1 fully saturated rings. The van der Waals surface area contributed by atoms with Crippen LogP contribution in [-0.4, -0.2) is 30.2 Å². The van der Waals surface area contributed by atoms with E-state index in [-0.39, 0.29) is 5.41 Å². The van der Waals surface area contributed by atoms with E-state index in [9.17, 15) is 0 Å². The Morgan fingerprint density at radius 3 is 2.57 bits per heavy atom. The number of nitrogens with zero attached hydrogens (tertiary/aromatic N) is 6. The van der Waals surface area contributed by atoms with E-state index in [1.807, 2.05) is 11.6 Å². The van der Waals surface area contributed by atoms with Crippen molar-refractivity contribution in [2.24, 2.45) is 0 Å². The van der Waals surface area contributed by atoms with Gasteiger partial charge >= 0.3 is 0 Å². The Bertz CT molecular complexity index is 670. The molecule has 2 N–H and O–H groups in total. The maximum absolute atomic E-state index is 6.03. The van der Waals surface area contributed by atoms with Gasteiger partial charge in [0, 0.05) is 11.0 Å². The van der Waals surface area contributed by atoms with E-state index in [4.69, 9.17) is 5.73 Å². The minimum absolute atomic E-state index is 0.153. The van der Waals surface area contributed by atoms with E-state index in [0.717, 1.165) is 34.4 Å². The van der Waals surface area contributed by atoms with Crippen LogP contribution in [0.4, 0.5) is 5.82 Å². The second kappa shape index (κ2) is 4.94. The zero-order chi connectivity index (χ0) is 15.2. The summed E-state index contributed by atoms with van der Waals surface area (Å²) in [7, 11) is 0. The topological polar surface area (TPSA) is 95.4 Å². The second-order valence-electron chi connectivity index (χ2n) is 6.35. The standard InChI is InChI=1S/C13H19N7S/c1-7-9(14)15-11(13(2,3)4)16-10(7)21-12-17-18-19-20(12)8-5-6-8/h8H,5-6H2,1-4H3,(H2,14,15,16). The number of hydrogen-bond acceptors (Lipinski definition) is 7. The van der Waals surface area contributed by atoms with Crippen molar-refractivity contribution in [1.29, 1.82) is 0 Å². The summed E-state index contributed by atoms with van der Waals surface area (Å²) in [5.74, 6) is 1.25. The van der Waals surface area contributed by atoms with Gasteiger partial charge in [-0.3, -0.25) is 0 Å². The molecule has 0 atom stereocenters. The van der Waals surface area contributed by atoms with Gasteiger partial charge in [-0.2, -0.15) is 0 Å². The fraction of sp³-hybridized carbons (Fsp3) is 0.615. The molecule has 1 saturated carbocycles. The van der Waals surface area contributed by atoms with Crippen molar-refractivity contribution in [3.63, 3.8) is 0 Å². The molecule has 8 heteroatoms. The molecule has 0 radical (unpaired) electrons. The van der Waals surface area contributed by atoms with Crippen LogP contribution in [0.1, 0.15) is 51.0 Å². The van der Waals surface area contributed by atoms with Crippen molar-refractivity contribution in [3.8, 4) is 0 Å². The molecule has 2 heterocycles. The average molecular weight is 305 g/mol. The van der Waals surface area contributed by atoms with Gasteiger partial charge in [0.15, 0.2) is 0 Å². The van der Waals surface area contributed by atoms with E-state index in [2.05, 4.69) is 46.3 Å². The monoisotopic (exact) mass is 305 g/mol. The lowest BCUT2D eigenvalue weighted by Gasteiger charge is -2.18. The number of nitrogen functional groups attached to an aromatic ring is 1. The van der Waals surface area contributed by atoms with Gasteiger partial charge in [-0.05, 0) is 42.0 Å². The fourth-order valence-electron chi connectivity index (χ4n) is 1.83. The van der Waals surface area contributed by atoms with Crippen LogP contribution >= 0.6 is 11.8 Å². The van der Waals surface area contributed by atoms with Crippen LogP contribution in [0, 0.1) is 6.92 Å². The van der Waals surface area contributed by atoms with Crippen LogP contribution in [-0.2, 0) is 5.41 Å². The predicted octanol–water partition coefficient (Wildman–Crippen LogP) is 2.14. The Labute approximate surface area is 127 Å². The van der Waals surface area contributed by atoms with Crippen molar-refractivity contribution in [3.05, 3.63) is 11.4 Å². The molecular formula is C13H19N7S. The van der Waals surface area contributed by atoms with Gasteiger partial charge < -0.3 is 5.73 Å². The first kappa shape index (κ1) is 14.2. The Balaban J connectivity index is 1.97. The second-order valence-corrected chi connectivity index (χ2v) is 7.31. The number of rotatable bonds is 3. The van der Waals surface area contributed by atoms with E-state index in [1.54, 1.807) is 0 Å². The van der Waals surface area contributed by atoms with Crippen LogP contribution < -0.4 is 5.73 Å². The number of aromatic nitrogens is 6. The van der Waals surface area contributed by atoms with Crippen molar-refractivity contribution in [2.75, 3.05) is 5.73 Å². The van der Waals surface area contributed by atoms with Gasteiger partial charge in [-0.1, -0.05) is 20.8 Å². The molecule has 0 aromatic carbocycles. The molecule has 2 aromatic rings. The number of tetrazole rings is 1. The highest BCUT2D eigenvalue weighted by Gasteiger charge is 2.29. The van der Waals surface area contributed by atoms with E-state index < -0.39 is 0 Å². The molecule has 21 heavy (non-hydrogen) atoms. The normalized spacial score (nSPS) is 15.4. The number of anilines is 1. The summed E-state index contributed by atoms with van der Waals surface area (Å²) in [5.41, 5.74) is 6.75. The quantitative estimate of drug-likeness (QED) is 0.868. The Morgan fingerprint density at radius 1 is 1.24 bits per heavy atom. The average Bonchev–Trinajstić information content (AvgIpc) is 3.14. The van der Waals surface area contributed by atoms with Gasteiger partial charge in [0.25, 0.3) is 0 Å². The first-order valence-corrected chi connectivity index (χ1v) is 7.78. The third kappa shape index (κ3) is 2.85. The van der Waals surface area contributed by atoms with Crippen molar-refractivity contribution < 1.29 is 0 Å². The van der Waals surface area contributed by atoms with Gasteiger partial charge in [-0.15, -0.1) is 5.10 Å². The molecule has 3 rings (SSSR count). The molecule has 0 aliphatic heterocycles. The number of nitrogens with two attached hydrogens (primary N) is 1. The van der Waals surface area contributed by atoms with Gasteiger partial charge in [0.2, 0.25) is 5.16 Å². The molecule has 7 nitrogen and oxygen atoms in total. The lowest BCUT2D eigenvalue weighted by molar-refractivity contribution is 0.538. The molecular weight excluding hydrogens is 286 g/mol. The third-order valence-corrected chi connectivity index (χ3v) is 4.40. The smallest absolute Gasteiger partial charge is 0.215 e. The molecule has 0 amide bonds. The summed E-state index contributed by atoms with van der Waals surface area (Å²) in [6.07, 6.45) is 2.27. The van der Waals surface area contributed by atoms with Crippen molar-refractivity contribution in [1.82, 2.24) is 30.2 Å². The van der Waals surface area contributed by atoms with Crippen LogP contribution in [0.3, 0.4) is 0 Å². The van der Waals surface area contributed by atoms with Gasteiger partial charge in [0.05, 0.1) is 6.04 Å². The molecule has 0 bridgehead atoms. The van der Waals surface area contributed by atoms with Crippen LogP contribution in [0.15, 0.2) is 10.2 Å². The minimum atomic E-state index is -0.153. The summed E-state index contributed by atoms with van der Waals surface area (Å²) in [5, 5.41) is 13.5. The Hall–Kier alpha value is -1.70. The highest BCUT2D eigenvalue weighted by Crippen LogP contribution is 2.38. The lowest BCUT2D eigenvalue weighted by Crippen LogP contribution is -2.18. The Kier molecular flexibility index (Phi) is 3.35. The summed E-state index contributed by atoms with van der Waals surface area (Å²) < 4.78 is 1.87. The van der Waals surface area contributed by atoms with E-state index >= 15 is 0 Å². The molecule has 2 aromatic heterocycles. The summed E-state index contributed by atoms with van der Waals surface area (Å²) in [6.45, 7) is 8.13. The van der Waals surface area contributed by atoms with Crippen LogP contribution in [0.2, 0.25) is 0 Å². The maximum atomic E-state index is 6.03. The molecule has 0 spiro atoms. The summed E-state index contributed by atoms with van der Waals surface area (Å²) >= 11 is 1.46. The van der Waals surface area contributed by atoms with Crippen LogP contribution in [0.25, 0.3) is 0 Å². The highest BCUT2D eigenvalue weighted by atomic mass is 32.2. The molecule has 1 aliphatic carbocycles. The molecule has 0 unspecified atom stereocenters. The fourth-order valence-corrected chi connectivity index (χ4v) is 2.75. The van der Waals surface area contributed by atoms with E-state index in [1.165, 1.54) is 11.8 Å². The predicted molar refractivity (Wildman–Crippen MR) is 80.1 cm³/mol. The number of hydrogen-bond donors (Lipinski definition) is 1. The summed E-state index contributed by atoms with van der Waals surface area (Å²) in [6, 6.07) is 0.434. The van der Waals surface area contributed by atoms with E-state index in [0.29, 0.717) is 11.9 Å². The molecule has 1 aliphatic rings. The summed E-state index contributed by atoms with van der Waals surface area (Å²) in [4.78, 5) is 9.06. The molecule has 112 valence electrons. The SMILES string of the molecule is Cc1c(N)nc(C(C)(C)C)nc1Sc1nnnn1C1CC1. The maximum Gasteiger partial charge on any atom is 0.215 e. The Morgan fingerprint density at radius 2 is 1.95 bits per heavy atom. The van der Waals surface area contributed by atoms with Gasteiger partial charge in [-0.25, -0.2) is 14.6 Å². The third-order valence-electron chi connectivity index (χ3n) is 3.35. The highest BCUT2D eigenvalue weighted by molar-refractivity contribution is 7.99. The first-order chi connectivity index (χ1) is 9.86. The first-order valence-electron chi connectivity index (χ1n) is 6.96. The van der Waals surface area contributed by atoms with Crippen molar-refractivity contribution in [2.45, 2.75) is 62.2 Å². The van der Waals surface area contributed by atoms with Crippen molar-refractivity contribution >= 4 is 17.6 Å². The zero-order valence-corrected chi connectivity index (χ0v) is 13.5. The molecule has 0 saturated heterocycles. The minimum Gasteiger partial charge on any atom is -0.383 e. The van der Waals surface area contributed by atoms with Crippen LogP contribution in [0.5, 0.6) is 0 Å².